The first-order chi connectivity index (χ1) is 15.4. The molecule has 0 atom stereocenters. The molecule has 1 amide bonds. The Bertz CT molecular complexity index is 1140. The first-order valence-corrected chi connectivity index (χ1v) is 10.3. The number of likely N-dealkylation sites (tertiary alicyclic amines) is 1. The Kier molecular flexibility index (Phi) is 6.07. The number of fused-ring (bicyclic) bond motifs is 1. The number of carbonyl (C=O) groups is 1. The number of aromatic nitrogens is 1. The minimum atomic E-state index is -0.458. The second-order valence-corrected chi connectivity index (χ2v) is 7.51. The maximum atomic E-state index is 11.5. The third kappa shape index (κ3) is 4.56. The number of amides is 1. The van der Waals surface area contributed by atoms with E-state index < -0.39 is 4.92 Å². The molecule has 1 aliphatic heterocycles. The van der Waals surface area contributed by atoms with E-state index in [0.717, 1.165) is 12.8 Å². The molecule has 1 fully saturated rings. The van der Waals surface area contributed by atoms with Gasteiger partial charge in [-0.3, -0.25) is 19.9 Å². The fraction of sp³-hybridized carbons (Fsp3) is 0.304. The molecule has 0 radical (unpaired) electrons. The van der Waals surface area contributed by atoms with Crippen LogP contribution in [-0.4, -0.2) is 47.0 Å². The standard InChI is InChI=1S/C23H23N3O6/c1-15(27)25-11-8-18(9-12-25)31-19-13-20-23(22(14-19)30-2)21(7-10-24-20)32-17-5-3-16(4-6-17)26(28)29/h3-7,10,13-14,18H,8-9,11-12H2,1-2H3. The molecule has 166 valence electrons. The first kappa shape index (κ1) is 21.4. The van der Waals surface area contributed by atoms with Gasteiger partial charge in [-0.05, 0) is 18.2 Å². The van der Waals surface area contributed by atoms with Gasteiger partial charge in [0.15, 0.2) is 0 Å². The molecule has 2 aromatic carbocycles. The lowest BCUT2D eigenvalue weighted by Crippen LogP contribution is -2.40. The fourth-order valence-corrected chi connectivity index (χ4v) is 3.75. The van der Waals surface area contributed by atoms with Gasteiger partial charge in [0.1, 0.15) is 29.1 Å². The van der Waals surface area contributed by atoms with Crippen molar-refractivity contribution in [3.05, 3.63) is 58.8 Å². The molecule has 1 aromatic heterocycles. The Morgan fingerprint density at radius 3 is 2.44 bits per heavy atom. The van der Waals surface area contributed by atoms with E-state index in [1.165, 1.54) is 12.1 Å². The molecule has 2 heterocycles. The maximum absolute atomic E-state index is 11.5. The van der Waals surface area contributed by atoms with Gasteiger partial charge < -0.3 is 19.1 Å². The quantitative estimate of drug-likeness (QED) is 0.417. The monoisotopic (exact) mass is 437 g/mol. The van der Waals surface area contributed by atoms with E-state index in [1.807, 2.05) is 11.0 Å². The lowest BCUT2D eigenvalue weighted by Gasteiger charge is -2.31. The van der Waals surface area contributed by atoms with Crippen LogP contribution in [0, 0.1) is 10.1 Å². The molecule has 0 bridgehead atoms. The van der Waals surface area contributed by atoms with Gasteiger partial charge in [0, 0.05) is 63.3 Å². The highest BCUT2D eigenvalue weighted by molar-refractivity contribution is 5.92. The van der Waals surface area contributed by atoms with Crippen LogP contribution in [0.4, 0.5) is 5.69 Å². The molecule has 1 aliphatic rings. The maximum Gasteiger partial charge on any atom is 0.269 e. The zero-order valence-corrected chi connectivity index (χ0v) is 17.8. The number of nitro benzene ring substituents is 1. The highest BCUT2D eigenvalue weighted by Gasteiger charge is 2.23. The van der Waals surface area contributed by atoms with Gasteiger partial charge in [-0.15, -0.1) is 0 Å². The summed E-state index contributed by atoms with van der Waals surface area (Å²) < 4.78 is 17.7. The number of ether oxygens (including phenoxy) is 3. The van der Waals surface area contributed by atoms with E-state index in [4.69, 9.17) is 14.2 Å². The third-order valence-corrected chi connectivity index (χ3v) is 5.43. The predicted octanol–water partition coefficient (Wildman–Crippen LogP) is 4.33. The number of benzene rings is 2. The summed E-state index contributed by atoms with van der Waals surface area (Å²) in [5, 5.41) is 11.5. The van der Waals surface area contributed by atoms with Crippen molar-refractivity contribution in [2.24, 2.45) is 0 Å². The molecule has 0 unspecified atom stereocenters. The van der Waals surface area contributed by atoms with Crippen LogP contribution in [0.3, 0.4) is 0 Å². The van der Waals surface area contributed by atoms with Gasteiger partial charge in [-0.2, -0.15) is 0 Å². The lowest BCUT2D eigenvalue weighted by molar-refractivity contribution is -0.384. The molecule has 0 saturated carbocycles. The van der Waals surface area contributed by atoms with Crippen molar-refractivity contribution in [1.82, 2.24) is 9.88 Å². The Balaban J connectivity index is 1.57. The van der Waals surface area contributed by atoms with Gasteiger partial charge in [0.05, 0.1) is 22.9 Å². The van der Waals surface area contributed by atoms with Crippen LogP contribution in [0.25, 0.3) is 10.9 Å². The molecular formula is C23H23N3O6. The molecule has 9 heteroatoms. The average molecular weight is 437 g/mol. The molecule has 1 saturated heterocycles. The molecule has 32 heavy (non-hydrogen) atoms. The van der Waals surface area contributed by atoms with Gasteiger partial charge in [0.25, 0.3) is 5.69 Å². The van der Waals surface area contributed by atoms with Crippen LogP contribution in [0.2, 0.25) is 0 Å². The summed E-state index contributed by atoms with van der Waals surface area (Å²) in [6.07, 6.45) is 3.15. The fourth-order valence-electron chi connectivity index (χ4n) is 3.75. The summed E-state index contributed by atoms with van der Waals surface area (Å²) in [6.45, 7) is 2.93. The van der Waals surface area contributed by atoms with Crippen LogP contribution in [0.5, 0.6) is 23.0 Å². The Morgan fingerprint density at radius 2 is 1.81 bits per heavy atom. The minimum Gasteiger partial charge on any atom is -0.496 e. The highest BCUT2D eigenvalue weighted by atomic mass is 16.6. The zero-order chi connectivity index (χ0) is 22.7. The van der Waals surface area contributed by atoms with Crippen molar-refractivity contribution in [3.8, 4) is 23.0 Å². The molecule has 0 spiro atoms. The molecular weight excluding hydrogens is 414 g/mol. The summed E-state index contributed by atoms with van der Waals surface area (Å²) in [4.78, 5) is 28.2. The number of hydrogen-bond donors (Lipinski definition) is 0. The summed E-state index contributed by atoms with van der Waals surface area (Å²) in [7, 11) is 1.56. The molecule has 3 aromatic rings. The number of hydrogen-bond acceptors (Lipinski definition) is 7. The smallest absolute Gasteiger partial charge is 0.269 e. The number of rotatable bonds is 6. The number of methoxy groups -OCH3 is 1. The average Bonchev–Trinajstić information content (AvgIpc) is 2.79. The number of nitro groups is 1. The Hall–Kier alpha value is -3.88. The van der Waals surface area contributed by atoms with Gasteiger partial charge >= 0.3 is 0 Å². The normalized spacial score (nSPS) is 14.2. The van der Waals surface area contributed by atoms with E-state index in [9.17, 15) is 14.9 Å². The lowest BCUT2D eigenvalue weighted by atomic mass is 10.1. The van der Waals surface area contributed by atoms with Crippen molar-refractivity contribution in [2.45, 2.75) is 25.9 Å². The molecule has 9 nitrogen and oxygen atoms in total. The van der Waals surface area contributed by atoms with E-state index >= 15 is 0 Å². The van der Waals surface area contributed by atoms with E-state index in [-0.39, 0.29) is 17.7 Å². The highest BCUT2D eigenvalue weighted by Crippen LogP contribution is 2.39. The van der Waals surface area contributed by atoms with Crippen molar-refractivity contribution in [1.29, 1.82) is 0 Å². The van der Waals surface area contributed by atoms with E-state index in [2.05, 4.69) is 4.98 Å². The zero-order valence-electron chi connectivity index (χ0n) is 17.8. The summed E-state index contributed by atoms with van der Waals surface area (Å²) >= 11 is 0. The summed E-state index contributed by atoms with van der Waals surface area (Å²) in [5.41, 5.74) is 0.630. The first-order valence-electron chi connectivity index (χ1n) is 10.3. The topological polar surface area (TPSA) is 104 Å². The van der Waals surface area contributed by atoms with E-state index in [1.54, 1.807) is 44.5 Å². The third-order valence-electron chi connectivity index (χ3n) is 5.43. The second kappa shape index (κ2) is 9.09. The van der Waals surface area contributed by atoms with Crippen molar-refractivity contribution < 1.29 is 23.9 Å². The molecule has 0 aliphatic carbocycles. The van der Waals surface area contributed by atoms with Crippen molar-refractivity contribution in [2.75, 3.05) is 20.2 Å². The predicted molar refractivity (Wildman–Crippen MR) is 117 cm³/mol. The minimum absolute atomic E-state index is 0.00676. The van der Waals surface area contributed by atoms with Crippen LogP contribution >= 0.6 is 0 Å². The van der Waals surface area contributed by atoms with Gasteiger partial charge in [-0.1, -0.05) is 0 Å². The number of piperidine rings is 1. The van der Waals surface area contributed by atoms with Crippen LogP contribution < -0.4 is 14.2 Å². The largest absolute Gasteiger partial charge is 0.496 e. The SMILES string of the molecule is COc1cc(OC2CCN(C(C)=O)CC2)cc2nccc(Oc3ccc([N+](=O)[O-])cc3)c12. The van der Waals surface area contributed by atoms with Crippen molar-refractivity contribution >= 4 is 22.5 Å². The van der Waals surface area contributed by atoms with Crippen molar-refractivity contribution in [3.63, 3.8) is 0 Å². The van der Waals surface area contributed by atoms with Gasteiger partial charge in [0.2, 0.25) is 5.91 Å². The number of non-ortho nitro benzene ring substituents is 1. The summed E-state index contributed by atoms with van der Waals surface area (Å²) in [6, 6.07) is 11.2. The van der Waals surface area contributed by atoms with E-state index in [0.29, 0.717) is 47.0 Å². The molecule has 0 N–H and O–H groups in total. The van der Waals surface area contributed by atoms with Crippen LogP contribution in [-0.2, 0) is 4.79 Å². The number of pyridine rings is 1. The Morgan fingerprint density at radius 1 is 1.09 bits per heavy atom. The van der Waals surface area contributed by atoms with Crippen LogP contribution in [0.15, 0.2) is 48.7 Å². The summed E-state index contributed by atoms with van der Waals surface area (Å²) in [5.74, 6) is 2.24. The molecule has 4 rings (SSSR count). The second-order valence-electron chi connectivity index (χ2n) is 7.51. The number of carbonyl (C=O) groups excluding carboxylic acids is 1. The number of nitrogens with zero attached hydrogens (tertiary/aromatic N) is 3. The van der Waals surface area contributed by atoms with Gasteiger partial charge in [-0.25, -0.2) is 0 Å². The Labute approximate surface area is 184 Å². The van der Waals surface area contributed by atoms with Crippen LogP contribution in [0.1, 0.15) is 19.8 Å².